The van der Waals surface area contributed by atoms with E-state index in [9.17, 15) is 4.79 Å². The maximum atomic E-state index is 13.1. The van der Waals surface area contributed by atoms with Gasteiger partial charge in [0.2, 0.25) is 17.6 Å². The maximum absolute atomic E-state index is 13.1. The number of carbonyl (C=O) groups excluding carboxylic acids is 1. The van der Waals surface area contributed by atoms with Crippen LogP contribution in [0.4, 0.5) is 0 Å². The van der Waals surface area contributed by atoms with Crippen molar-refractivity contribution in [3.8, 4) is 11.4 Å². The van der Waals surface area contributed by atoms with Gasteiger partial charge in [0.1, 0.15) is 0 Å². The van der Waals surface area contributed by atoms with Crippen LogP contribution in [-0.2, 0) is 17.9 Å². The van der Waals surface area contributed by atoms with Crippen LogP contribution < -0.4 is 0 Å². The summed E-state index contributed by atoms with van der Waals surface area (Å²) >= 11 is 0. The largest absolute Gasteiger partial charge is 0.340 e. The molecule has 2 aliphatic rings. The van der Waals surface area contributed by atoms with Crippen LogP contribution in [0.25, 0.3) is 11.4 Å². The van der Waals surface area contributed by atoms with E-state index in [2.05, 4.69) is 74.2 Å². The van der Waals surface area contributed by atoms with E-state index in [-0.39, 0.29) is 5.92 Å². The molecule has 0 radical (unpaired) electrons. The zero-order chi connectivity index (χ0) is 23.3. The molecule has 0 spiro atoms. The molecule has 7 heteroatoms. The lowest BCUT2D eigenvalue weighted by Gasteiger charge is -2.38. The zero-order valence-corrected chi connectivity index (χ0v) is 19.9. The van der Waals surface area contributed by atoms with Crippen LogP contribution >= 0.6 is 0 Å². The lowest BCUT2D eigenvalue weighted by atomic mass is 9.95. The average molecular weight is 460 g/mol. The van der Waals surface area contributed by atoms with E-state index in [1.165, 1.54) is 11.1 Å². The molecule has 7 nitrogen and oxygen atoms in total. The number of nitrogens with zero attached hydrogens (tertiary/aromatic N) is 5. The minimum Gasteiger partial charge on any atom is -0.340 e. The van der Waals surface area contributed by atoms with E-state index in [0.717, 1.165) is 64.2 Å². The van der Waals surface area contributed by atoms with Gasteiger partial charge >= 0.3 is 0 Å². The van der Waals surface area contributed by atoms with Gasteiger partial charge < -0.3 is 9.42 Å². The van der Waals surface area contributed by atoms with E-state index in [0.29, 0.717) is 24.2 Å². The molecule has 2 aromatic carbocycles. The Balaban J connectivity index is 1.07. The maximum Gasteiger partial charge on any atom is 0.241 e. The first-order chi connectivity index (χ1) is 16.6. The van der Waals surface area contributed by atoms with Gasteiger partial charge in [-0.2, -0.15) is 4.98 Å². The minimum absolute atomic E-state index is 0.127. The highest BCUT2D eigenvalue weighted by molar-refractivity contribution is 5.79. The third-order valence-corrected chi connectivity index (χ3v) is 6.97. The Morgan fingerprint density at radius 1 is 0.912 bits per heavy atom. The normalized spacial score (nSPS) is 18.3. The number of benzene rings is 2. The second-order valence-electron chi connectivity index (χ2n) is 9.52. The van der Waals surface area contributed by atoms with Gasteiger partial charge in [-0.1, -0.05) is 59.3 Å². The van der Waals surface area contributed by atoms with Gasteiger partial charge in [0.05, 0.1) is 6.54 Å². The quantitative estimate of drug-likeness (QED) is 0.561. The molecular weight excluding hydrogens is 426 g/mol. The number of aryl methyl sites for hydroxylation is 1. The van der Waals surface area contributed by atoms with Crippen LogP contribution in [0.1, 0.15) is 29.9 Å². The number of carbonyl (C=O) groups is 1. The number of rotatable bonds is 6. The second kappa shape index (κ2) is 10.5. The molecule has 34 heavy (non-hydrogen) atoms. The van der Waals surface area contributed by atoms with Gasteiger partial charge in [0.15, 0.2) is 0 Å². The highest BCUT2D eigenvalue weighted by atomic mass is 16.5. The first-order valence-corrected chi connectivity index (χ1v) is 12.3. The summed E-state index contributed by atoms with van der Waals surface area (Å²) in [7, 11) is 0. The van der Waals surface area contributed by atoms with Gasteiger partial charge in [-0.15, -0.1) is 0 Å². The molecule has 3 heterocycles. The van der Waals surface area contributed by atoms with Crippen molar-refractivity contribution in [2.75, 3.05) is 39.3 Å². The molecule has 5 rings (SSSR count). The van der Waals surface area contributed by atoms with Crippen LogP contribution in [0.5, 0.6) is 0 Å². The summed E-state index contributed by atoms with van der Waals surface area (Å²) in [5, 5.41) is 4.15. The van der Waals surface area contributed by atoms with Gasteiger partial charge in [-0.3, -0.25) is 14.6 Å². The lowest BCUT2D eigenvalue weighted by Crippen LogP contribution is -2.51. The summed E-state index contributed by atoms with van der Waals surface area (Å²) in [4.78, 5) is 24.5. The van der Waals surface area contributed by atoms with Crippen LogP contribution in [0.2, 0.25) is 0 Å². The molecule has 178 valence electrons. The highest BCUT2D eigenvalue weighted by Crippen LogP contribution is 2.23. The van der Waals surface area contributed by atoms with Crippen molar-refractivity contribution in [3.05, 3.63) is 71.6 Å². The van der Waals surface area contributed by atoms with Crippen molar-refractivity contribution in [2.24, 2.45) is 5.92 Å². The zero-order valence-electron chi connectivity index (χ0n) is 19.9. The van der Waals surface area contributed by atoms with Crippen LogP contribution in [0.3, 0.4) is 0 Å². The van der Waals surface area contributed by atoms with Crippen molar-refractivity contribution in [1.29, 1.82) is 0 Å². The molecule has 0 atom stereocenters. The van der Waals surface area contributed by atoms with E-state index in [1.807, 2.05) is 12.1 Å². The smallest absolute Gasteiger partial charge is 0.241 e. The van der Waals surface area contributed by atoms with Crippen molar-refractivity contribution in [1.82, 2.24) is 24.8 Å². The fourth-order valence-electron chi connectivity index (χ4n) is 4.98. The van der Waals surface area contributed by atoms with Crippen molar-refractivity contribution < 1.29 is 9.32 Å². The first kappa shape index (κ1) is 22.7. The average Bonchev–Trinajstić information content (AvgIpc) is 3.34. The fraction of sp³-hybridized carbons (Fsp3) is 0.444. The first-order valence-electron chi connectivity index (χ1n) is 12.3. The Labute approximate surface area is 201 Å². The van der Waals surface area contributed by atoms with E-state index in [1.54, 1.807) is 0 Å². The summed E-state index contributed by atoms with van der Waals surface area (Å²) in [6, 6.07) is 18.7. The third-order valence-electron chi connectivity index (χ3n) is 6.97. The number of amides is 1. The molecule has 2 fully saturated rings. The summed E-state index contributed by atoms with van der Waals surface area (Å²) in [5.74, 6) is 1.73. The Morgan fingerprint density at radius 3 is 2.38 bits per heavy atom. The van der Waals surface area contributed by atoms with E-state index < -0.39 is 0 Å². The van der Waals surface area contributed by atoms with Crippen molar-refractivity contribution in [3.63, 3.8) is 0 Å². The molecule has 0 N–H and O–H groups in total. The molecule has 1 aromatic heterocycles. The molecule has 0 saturated carbocycles. The molecule has 3 aromatic rings. The van der Waals surface area contributed by atoms with Crippen molar-refractivity contribution >= 4 is 5.91 Å². The summed E-state index contributed by atoms with van der Waals surface area (Å²) in [6.45, 7) is 8.96. The number of piperazine rings is 1. The SMILES string of the molecule is Cc1cccc(-c2noc(CN3CCC(C(=O)N4CCN(Cc5ccccc5)CC4)CC3)n2)c1. The number of hydrogen-bond acceptors (Lipinski definition) is 6. The Hall–Kier alpha value is -3.03. The number of likely N-dealkylation sites (tertiary alicyclic amines) is 1. The Morgan fingerprint density at radius 2 is 1.65 bits per heavy atom. The number of hydrogen-bond donors (Lipinski definition) is 0. The number of aromatic nitrogens is 2. The molecule has 0 unspecified atom stereocenters. The standard InChI is InChI=1S/C27H33N5O2/c1-21-6-5-9-24(18-21)26-28-25(34-29-26)20-30-12-10-23(11-13-30)27(33)32-16-14-31(15-17-32)19-22-7-3-2-4-8-22/h2-9,18,23H,10-17,19-20H2,1H3. The summed E-state index contributed by atoms with van der Waals surface area (Å²) in [5.41, 5.74) is 3.48. The van der Waals surface area contributed by atoms with Crippen molar-refractivity contribution in [2.45, 2.75) is 32.9 Å². The summed E-state index contributed by atoms with van der Waals surface area (Å²) < 4.78 is 5.50. The minimum atomic E-state index is 0.127. The molecule has 2 saturated heterocycles. The van der Waals surface area contributed by atoms with E-state index >= 15 is 0 Å². The third kappa shape index (κ3) is 5.54. The Bertz CT molecular complexity index is 1080. The summed E-state index contributed by atoms with van der Waals surface area (Å²) in [6.07, 6.45) is 1.78. The molecule has 1 amide bonds. The monoisotopic (exact) mass is 459 g/mol. The lowest BCUT2D eigenvalue weighted by molar-refractivity contribution is -0.139. The second-order valence-corrected chi connectivity index (χ2v) is 9.52. The van der Waals surface area contributed by atoms with Gasteiger partial charge in [0, 0.05) is 44.2 Å². The highest BCUT2D eigenvalue weighted by Gasteiger charge is 2.31. The molecule has 0 aliphatic carbocycles. The predicted molar refractivity (Wildman–Crippen MR) is 131 cm³/mol. The van der Waals surface area contributed by atoms with Gasteiger partial charge in [-0.05, 0) is 44.5 Å². The van der Waals surface area contributed by atoms with Crippen LogP contribution in [0, 0.1) is 12.8 Å². The predicted octanol–water partition coefficient (Wildman–Crippen LogP) is 3.60. The van der Waals surface area contributed by atoms with Gasteiger partial charge in [-0.25, -0.2) is 0 Å². The molecule has 2 aliphatic heterocycles. The topological polar surface area (TPSA) is 65.7 Å². The Kier molecular flexibility index (Phi) is 7.02. The molecular formula is C27H33N5O2. The molecule has 0 bridgehead atoms. The van der Waals surface area contributed by atoms with E-state index in [4.69, 9.17) is 4.52 Å². The van der Waals surface area contributed by atoms with Crippen LogP contribution in [0.15, 0.2) is 59.1 Å². The fourth-order valence-corrected chi connectivity index (χ4v) is 4.98. The van der Waals surface area contributed by atoms with Gasteiger partial charge in [0.25, 0.3) is 0 Å². The number of piperidine rings is 1. The van der Waals surface area contributed by atoms with Crippen LogP contribution in [-0.4, -0.2) is 70.0 Å².